The van der Waals surface area contributed by atoms with Gasteiger partial charge in [-0.15, -0.1) is 4.91 Å². The SMILES string of the molecule is CC(NC(=O)CNC(=O)CN(C)C(=O)/C=C\C=O)C(=O)Nc1ccc(CON=O)c(CCCCC(=O)O)c1. The highest BCUT2D eigenvalue weighted by Crippen LogP contribution is 2.20. The number of amides is 4. The van der Waals surface area contributed by atoms with Crippen molar-refractivity contribution in [2.24, 2.45) is 5.34 Å². The van der Waals surface area contributed by atoms with E-state index in [4.69, 9.17) is 5.11 Å². The molecule has 0 aromatic heterocycles. The van der Waals surface area contributed by atoms with E-state index in [1.165, 1.54) is 14.0 Å². The summed E-state index contributed by atoms with van der Waals surface area (Å²) in [4.78, 5) is 85.2. The van der Waals surface area contributed by atoms with E-state index >= 15 is 0 Å². The zero-order valence-electron chi connectivity index (χ0n) is 21.1. The Morgan fingerprint density at radius 2 is 1.87 bits per heavy atom. The fourth-order valence-electron chi connectivity index (χ4n) is 3.15. The van der Waals surface area contributed by atoms with Crippen LogP contribution in [-0.4, -0.2) is 72.1 Å². The molecule has 0 saturated heterocycles. The maximum atomic E-state index is 12.6. The molecule has 0 aliphatic carbocycles. The standard InChI is InChI=1S/C24H31N5O9/c1-16(26-20(31)13-25-21(32)14-29(2)22(33)7-5-11-30)24(36)27-19-10-9-18(15-38-28-37)17(12-19)6-3-4-8-23(34)35/h5,7,9-12,16H,3-4,6,8,13-15H2,1-2H3,(H,25,32)(H,26,31)(H,27,36)(H,34,35)/b7-5-. The van der Waals surface area contributed by atoms with Gasteiger partial charge in [-0.25, -0.2) is 0 Å². The second kappa shape index (κ2) is 16.9. The molecule has 0 radical (unpaired) electrons. The lowest BCUT2D eigenvalue weighted by Gasteiger charge is -2.17. The van der Waals surface area contributed by atoms with E-state index in [9.17, 15) is 33.7 Å². The Labute approximate surface area is 218 Å². The van der Waals surface area contributed by atoms with Crippen molar-refractivity contribution < 1.29 is 38.7 Å². The van der Waals surface area contributed by atoms with Crippen LogP contribution < -0.4 is 16.0 Å². The van der Waals surface area contributed by atoms with Crippen molar-refractivity contribution in [2.75, 3.05) is 25.5 Å². The summed E-state index contributed by atoms with van der Waals surface area (Å²) in [6.07, 6.45) is 3.92. The van der Waals surface area contributed by atoms with Gasteiger partial charge in [0.05, 0.1) is 13.1 Å². The van der Waals surface area contributed by atoms with Gasteiger partial charge in [0, 0.05) is 25.2 Å². The first kappa shape index (κ1) is 31.4. The van der Waals surface area contributed by atoms with Crippen molar-refractivity contribution in [1.82, 2.24) is 15.5 Å². The van der Waals surface area contributed by atoms with Gasteiger partial charge in [-0.05, 0) is 55.5 Å². The van der Waals surface area contributed by atoms with Crippen LogP contribution in [-0.2, 0) is 46.6 Å². The quantitative estimate of drug-likeness (QED) is 0.0721. The van der Waals surface area contributed by atoms with Gasteiger partial charge in [0.15, 0.2) is 5.34 Å². The van der Waals surface area contributed by atoms with Crippen molar-refractivity contribution in [3.05, 3.63) is 46.4 Å². The van der Waals surface area contributed by atoms with Crippen LogP contribution in [0.15, 0.2) is 35.7 Å². The largest absolute Gasteiger partial charge is 0.481 e. The minimum atomic E-state index is -0.960. The molecule has 1 aromatic carbocycles. The van der Waals surface area contributed by atoms with Gasteiger partial charge >= 0.3 is 5.97 Å². The van der Waals surface area contributed by atoms with Crippen molar-refractivity contribution in [3.8, 4) is 0 Å². The average molecular weight is 534 g/mol. The molecule has 1 atom stereocenters. The first-order chi connectivity index (χ1) is 18.1. The third kappa shape index (κ3) is 12.4. The Kier molecular flexibility index (Phi) is 14.0. The summed E-state index contributed by atoms with van der Waals surface area (Å²) in [5, 5.41) is 18.6. The number of likely N-dealkylation sites (N-methyl/N-ethyl adjacent to an activating group) is 1. The second-order valence-corrected chi connectivity index (χ2v) is 8.18. The van der Waals surface area contributed by atoms with E-state index in [-0.39, 0.29) is 19.6 Å². The van der Waals surface area contributed by atoms with E-state index in [1.54, 1.807) is 18.2 Å². The number of nitrogens with zero attached hydrogens (tertiary/aromatic N) is 2. The number of anilines is 1. The molecule has 0 aliphatic heterocycles. The normalized spacial score (nSPS) is 11.2. The summed E-state index contributed by atoms with van der Waals surface area (Å²) < 4.78 is 0. The van der Waals surface area contributed by atoms with E-state index in [2.05, 4.69) is 26.1 Å². The summed E-state index contributed by atoms with van der Waals surface area (Å²) in [6.45, 7) is 0.603. The molecule has 4 amide bonds. The number of carboxylic acid groups (broad SMARTS) is 1. The second-order valence-electron chi connectivity index (χ2n) is 8.18. The topological polar surface area (TPSA) is 201 Å². The third-order valence-electron chi connectivity index (χ3n) is 5.12. The highest BCUT2D eigenvalue weighted by Gasteiger charge is 2.18. The Balaban J connectivity index is 2.63. The predicted molar refractivity (Wildman–Crippen MR) is 134 cm³/mol. The molecule has 0 bridgehead atoms. The summed E-state index contributed by atoms with van der Waals surface area (Å²) >= 11 is 0. The zero-order chi connectivity index (χ0) is 28.5. The Morgan fingerprint density at radius 3 is 2.53 bits per heavy atom. The third-order valence-corrected chi connectivity index (χ3v) is 5.12. The van der Waals surface area contributed by atoms with Crippen molar-refractivity contribution >= 4 is 41.6 Å². The van der Waals surface area contributed by atoms with Crippen LogP contribution in [0.2, 0.25) is 0 Å². The lowest BCUT2D eigenvalue weighted by molar-refractivity contribution is -0.137. The summed E-state index contributed by atoms with van der Waals surface area (Å²) in [6, 6.07) is 3.93. The summed E-state index contributed by atoms with van der Waals surface area (Å²) in [7, 11) is 1.35. The van der Waals surface area contributed by atoms with Crippen LogP contribution in [0.4, 0.5) is 5.69 Å². The Bertz CT molecular complexity index is 1060. The fourth-order valence-corrected chi connectivity index (χ4v) is 3.15. The molecule has 38 heavy (non-hydrogen) atoms. The lowest BCUT2D eigenvalue weighted by atomic mass is 10.0. The first-order valence-electron chi connectivity index (χ1n) is 11.6. The Morgan fingerprint density at radius 1 is 1.13 bits per heavy atom. The van der Waals surface area contributed by atoms with E-state index < -0.39 is 42.2 Å². The van der Waals surface area contributed by atoms with Crippen LogP contribution in [0, 0.1) is 4.91 Å². The van der Waals surface area contributed by atoms with Gasteiger partial charge in [-0.3, -0.25) is 28.8 Å². The Hall–Kier alpha value is -4.62. The molecular formula is C24H31N5O9. The number of aryl methyl sites for hydroxylation is 1. The molecule has 14 nitrogen and oxygen atoms in total. The maximum Gasteiger partial charge on any atom is 0.303 e. The van der Waals surface area contributed by atoms with Crippen LogP contribution in [0.5, 0.6) is 0 Å². The minimum absolute atomic E-state index is 0.0173. The highest BCUT2D eigenvalue weighted by molar-refractivity contribution is 5.98. The molecule has 0 aliphatic rings. The molecule has 0 fully saturated rings. The zero-order valence-corrected chi connectivity index (χ0v) is 21.1. The monoisotopic (exact) mass is 533 g/mol. The number of aliphatic carboxylic acids is 1. The molecule has 206 valence electrons. The van der Waals surface area contributed by atoms with Crippen LogP contribution >= 0.6 is 0 Å². The molecule has 1 unspecified atom stereocenters. The van der Waals surface area contributed by atoms with Gasteiger partial charge in [-0.2, -0.15) is 0 Å². The number of allylic oxidation sites excluding steroid dienone is 1. The average Bonchev–Trinajstić information content (AvgIpc) is 2.87. The molecule has 1 rings (SSSR count). The van der Waals surface area contributed by atoms with E-state index in [1.807, 2.05) is 0 Å². The maximum absolute atomic E-state index is 12.6. The van der Waals surface area contributed by atoms with Gasteiger partial charge in [-0.1, -0.05) is 6.07 Å². The number of aldehydes is 1. The number of nitrogens with one attached hydrogen (secondary N) is 3. The van der Waals surface area contributed by atoms with Crippen LogP contribution in [0.3, 0.4) is 0 Å². The molecule has 0 saturated carbocycles. The smallest absolute Gasteiger partial charge is 0.303 e. The van der Waals surface area contributed by atoms with Gasteiger partial charge < -0.3 is 30.8 Å². The van der Waals surface area contributed by atoms with Crippen LogP contribution in [0.1, 0.15) is 37.3 Å². The lowest BCUT2D eigenvalue weighted by Crippen LogP contribution is -2.47. The highest BCUT2D eigenvalue weighted by atomic mass is 16.7. The number of hydrogen-bond acceptors (Lipinski definition) is 9. The molecular weight excluding hydrogens is 502 g/mol. The number of rotatable bonds is 17. The minimum Gasteiger partial charge on any atom is -0.481 e. The molecule has 4 N–H and O–H groups in total. The molecule has 0 heterocycles. The number of benzene rings is 1. The van der Waals surface area contributed by atoms with Crippen molar-refractivity contribution in [1.29, 1.82) is 0 Å². The first-order valence-corrected chi connectivity index (χ1v) is 11.6. The van der Waals surface area contributed by atoms with Crippen molar-refractivity contribution in [3.63, 3.8) is 0 Å². The predicted octanol–water partition coefficient (Wildman–Crippen LogP) is 0.455. The fraction of sp³-hybridized carbons (Fsp3) is 0.417. The molecule has 1 aromatic rings. The number of carboxylic acids is 1. The number of hydrogen-bond donors (Lipinski definition) is 4. The number of carbonyl (C=O) groups excluding carboxylic acids is 5. The summed E-state index contributed by atoms with van der Waals surface area (Å²) in [5.41, 5.74) is 1.81. The number of unbranched alkanes of at least 4 members (excludes halogenated alkanes) is 1. The van der Waals surface area contributed by atoms with E-state index in [0.717, 1.165) is 22.6 Å². The van der Waals surface area contributed by atoms with Gasteiger partial charge in [0.1, 0.15) is 18.9 Å². The molecule has 14 heteroatoms. The van der Waals surface area contributed by atoms with Crippen LogP contribution in [0.25, 0.3) is 0 Å². The van der Waals surface area contributed by atoms with E-state index in [0.29, 0.717) is 36.8 Å². The van der Waals surface area contributed by atoms with Gasteiger partial charge in [0.25, 0.3) is 0 Å². The van der Waals surface area contributed by atoms with Gasteiger partial charge in [0.2, 0.25) is 23.6 Å². The molecule has 0 spiro atoms. The summed E-state index contributed by atoms with van der Waals surface area (Å²) in [5.74, 6) is -3.25. The number of carbonyl (C=O) groups is 6. The van der Waals surface area contributed by atoms with Crippen molar-refractivity contribution in [2.45, 2.75) is 45.3 Å².